The van der Waals surface area contributed by atoms with Crippen molar-refractivity contribution in [1.82, 2.24) is 5.32 Å². The number of alkyl halides is 3. The predicted molar refractivity (Wildman–Crippen MR) is 64.3 cm³/mol. The molecule has 0 aliphatic carbocycles. The molecule has 0 aliphatic rings. The van der Waals surface area contributed by atoms with Crippen LogP contribution in [-0.4, -0.2) is 18.6 Å². The maximum Gasteiger partial charge on any atom is 0.389 e. The number of thiophene rings is 1. The molecule has 0 fully saturated rings. The van der Waals surface area contributed by atoms with Gasteiger partial charge in [0.25, 0.3) is 5.91 Å². The van der Waals surface area contributed by atoms with Gasteiger partial charge in [0, 0.05) is 13.0 Å². The Morgan fingerprint density at radius 1 is 1.35 bits per heavy atom. The molecular weight excluding hydrogens is 319 g/mol. The highest BCUT2D eigenvalue weighted by Crippen LogP contribution is 2.23. The van der Waals surface area contributed by atoms with Gasteiger partial charge in [0.15, 0.2) is 0 Å². The Morgan fingerprint density at radius 2 is 2.06 bits per heavy atom. The quantitative estimate of drug-likeness (QED) is 0.813. The Hall–Kier alpha value is -0.560. The van der Waals surface area contributed by atoms with Gasteiger partial charge in [0.1, 0.15) is 0 Å². The molecule has 1 heterocycles. The highest BCUT2D eigenvalue weighted by atomic mass is 79.9. The summed E-state index contributed by atoms with van der Waals surface area (Å²) in [6, 6.07) is 3.42. The van der Waals surface area contributed by atoms with Crippen molar-refractivity contribution in [2.45, 2.75) is 25.4 Å². The van der Waals surface area contributed by atoms with E-state index in [-0.39, 0.29) is 18.9 Å². The van der Waals surface area contributed by atoms with Crippen molar-refractivity contribution < 1.29 is 18.0 Å². The lowest BCUT2D eigenvalue weighted by molar-refractivity contribution is -0.135. The zero-order valence-corrected chi connectivity index (χ0v) is 11.2. The Balaban J connectivity index is 2.17. The van der Waals surface area contributed by atoms with E-state index in [0.29, 0.717) is 11.3 Å². The number of carbonyl (C=O) groups is 1. The third kappa shape index (κ3) is 6.07. The number of carbonyl (C=O) groups excluding carboxylic acids is 1. The van der Waals surface area contributed by atoms with E-state index in [1.807, 2.05) is 0 Å². The van der Waals surface area contributed by atoms with E-state index in [9.17, 15) is 18.0 Å². The SMILES string of the molecule is O=C(NCCCCC(F)(F)F)c1ccc(Br)s1. The van der Waals surface area contributed by atoms with Crippen LogP contribution >= 0.6 is 27.3 Å². The minimum Gasteiger partial charge on any atom is -0.351 e. The zero-order valence-electron chi connectivity index (χ0n) is 8.81. The summed E-state index contributed by atoms with van der Waals surface area (Å²) in [5.41, 5.74) is 0. The van der Waals surface area contributed by atoms with E-state index in [1.165, 1.54) is 11.3 Å². The number of hydrogen-bond donors (Lipinski definition) is 1. The first-order valence-corrected chi connectivity index (χ1v) is 6.60. The van der Waals surface area contributed by atoms with Crippen LogP contribution in [0.3, 0.4) is 0 Å². The van der Waals surface area contributed by atoms with E-state index in [1.54, 1.807) is 12.1 Å². The average molecular weight is 330 g/mol. The lowest BCUT2D eigenvalue weighted by atomic mass is 10.2. The second-order valence-electron chi connectivity index (χ2n) is 3.43. The normalized spacial score (nSPS) is 11.5. The number of unbranched alkanes of at least 4 members (excludes halogenated alkanes) is 1. The number of rotatable bonds is 5. The van der Waals surface area contributed by atoms with E-state index >= 15 is 0 Å². The molecule has 1 aromatic rings. The Morgan fingerprint density at radius 3 is 2.59 bits per heavy atom. The molecule has 0 spiro atoms. The van der Waals surface area contributed by atoms with Crippen molar-refractivity contribution in [3.63, 3.8) is 0 Å². The number of hydrogen-bond acceptors (Lipinski definition) is 2. The highest BCUT2D eigenvalue weighted by Gasteiger charge is 2.25. The largest absolute Gasteiger partial charge is 0.389 e. The first-order chi connectivity index (χ1) is 7.88. The van der Waals surface area contributed by atoms with Crippen LogP contribution in [0.2, 0.25) is 0 Å². The second kappa shape index (κ2) is 6.39. The molecule has 0 unspecified atom stereocenters. The predicted octanol–water partition coefficient (Wildman–Crippen LogP) is 3.97. The van der Waals surface area contributed by atoms with Gasteiger partial charge in [0.05, 0.1) is 8.66 Å². The van der Waals surface area contributed by atoms with E-state index in [4.69, 9.17) is 0 Å². The second-order valence-corrected chi connectivity index (χ2v) is 5.89. The lowest BCUT2D eigenvalue weighted by Crippen LogP contribution is -2.23. The fourth-order valence-corrected chi connectivity index (χ4v) is 2.48. The summed E-state index contributed by atoms with van der Waals surface area (Å²) in [7, 11) is 0. The number of nitrogens with one attached hydrogen (secondary N) is 1. The average Bonchev–Trinajstić information content (AvgIpc) is 2.62. The molecule has 0 saturated heterocycles. The topological polar surface area (TPSA) is 29.1 Å². The van der Waals surface area contributed by atoms with Gasteiger partial charge in [-0.15, -0.1) is 11.3 Å². The van der Waals surface area contributed by atoms with E-state index < -0.39 is 12.6 Å². The molecule has 7 heteroatoms. The van der Waals surface area contributed by atoms with E-state index in [0.717, 1.165) is 3.79 Å². The fraction of sp³-hybridized carbons (Fsp3) is 0.500. The maximum absolute atomic E-state index is 11.8. The molecule has 0 atom stereocenters. The van der Waals surface area contributed by atoms with Crippen LogP contribution in [0.15, 0.2) is 15.9 Å². The monoisotopic (exact) mass is 329 g/mol. The molecular formula is C10H11BrF3NOS. The molecule has 96 valence electrons. The summed E-state index contributed by atoms with van der Waals surface area (Å²) in [6.45, 7) is 0.268. The number of amides is 1. The van der Waals surface area contributed by atoms with Gasteiger partial charge >= 0.3 is 6.18 Å². The van der Waals surface area contributed by atoms with Gasteiger partial charge in [-0.05, 0) is 40.9 Å². The molecule has 2 nitrogen and oxygen atoms in total. The summed E-state index contributed by atoms with van der Waals surface area (Å²) in [6.07, 6.45) is -4.54. The summed E-state index contributed by atoms with van der Waals surface area (Å²) >= 11 is 4.52. The highest BCUT2D eigenvalue weighted by molar-refractivity contribution is 9.11. The van der Waals surface area contributed by atoms with Gasteiger partial charge in [-0.3, -0.25) is 4.79 Å². The van der Waals surface area contributed by atoms with Crippen LogP contribution in [-0.2, 0) is 0 Å². The third-order valence-electron chi connectivity index (χ3n) is 1.97. The van der Waals surface area contributed by atoms with Gasteiger partial charge in [-0.25, -0.2) is 0 Å². The van der Waals surface area contributed by atoms with Crippen LogP contribution in [0.5, 0.6) is 0 Å². The fourth-order valence-electron chi connectivity index (χ4n) is 1.18. The smallest absolute Gasteiger partial charge is 0.351 e. The van der Waals surface area contributed by atoms with Gasteiger partial charge in [0.2, 0.25) is 0 Å². The van der Waals surface area contributed by atoms with Crippen LogP contribution in [0, 0.1) is 0 Å². The molecule has 0 aliphatic heterocycles. The summed E-state index contributed by atoms with van der Waals surface area (Å²) < 4.78 is 36.3. The van der Waals surface area contributed by atoms with Crippen LogP contribution < -0.4 is 5.32 Å². The van der Waals surface area contributed by atoms with E-state index in [2.05, 4.69) is 21.2 Å². The molecule has 1 rings (SSSR count). The minimum absolute atomic E-state index is 0.0396. The van der Waals surface area contributed by atoms with Crippen molar-refractivity contribution in [3.8, 4) is 0 Å². The zero-order chi connectivity index (χ0) is 12.9. The molecule has 0 radical (unpaired) electrons. The van der Waals surface area contributed by atoms with Gasteiger partial charge in [-0.2, -0.15) is 13.2 Å². The molecule has 1 amide bonds. The summed E-state index contributed by atoms with van der Waals surface area (Å²) in [5.74, 6) is -0.243. The van der Waals surface area contributed by atoms with Crippen molar-refractivity contribution in [2.75, 3.05) is 6.54 Å². The summed E-state index contributed by atoms with van der Waals surface area (Å²) in [5, 5.41) is 2.58. The molecule has 1 N–H and O–H groups in total. The molecule has 17 heavy (non-hydrogen) atoms. The maximum atomic E-state index is 11.8. The van der Waals surface area contributed by atoms with Gasteiger partial charge < -0.3 is 5.32 Å². The third-order valence-corrected chi connectivity index (χ3v) is 3.59. The molecule has 1 aromatic heterocycles. The Labute approximate surface area is 109 Å². The van der Waals surface area contributed by atoms with Crippen LogP contribution in [0.4, 0.5) is 13.2 Å². The minimum atomic E-state index is -4.11. The Kier molecular flexibility index (Phi) is 5.45. The van der Waals surface area contributed by atoms with Crippen LogP contribution in [0.25, 0.3) is 0 Å². The molecule has 0 bridgehead atoms. The molecule has 0 saturated carbocycles. The molecule has 0 aromatic carbocycles. The number of halogens is 4. The van der Waals surface area contributed by atoms with Crippen molar-refractivity contribution in [3.05, 3.63) is 20.8 Å². The van der Waals surface area contributed by atoms with Crippen LogP contribution in [0.1, 0.15) is 28.9 Å². The first-order valence-electron chi connectivity index (χ1n) is 4.99. The van der Waals surface area contributed by atoms with Crippen molar-refractivity contribution in [2.24, 2.45) is 0 Å². The summed E-state index contributed by atoms with van der Waals surface area (Å²) in [4.78, 5) is 12.0. The lowest BCUT2D eigenvalue weighted by Gasteiger charge is -2.06. The standard InChI is InChI=1S/C10H11BrF3NOS/c11-8-4-3-7(17-8)9(16)15-6-2-1-5-10(12,13)14/h3-4H,1-2,5-6H2,(H,15,16). The van der Waals surface area contributed by atoms with Crippen molar-refractivity contribution >= 4 is 33.2 Å². The van der Waals surface area contributed by atoms with Crippen molar-refractivity contribution in [1.29, 1.82) is 0 Å². The first kappa shape index (κ1) is 14.5. The Bertz CT molecular complexity index is 378. The van der Waals surface area contributed by atoms with Gasteiger partial charge in [-0.1, -0.05) is 0 Å².